The third-order valence-electron chi connectivity index (χ3n) is 4.74. The van der Waals surface area contributed by atoms with Crippen LogP contribution in [-0.4, -0.2) is 29.2 Å². The zero-order valence-electron chi connectivity index (χ0n) is 18.5. The summed E-state index contributed by atoms with van der Waals surface area (Å²) in [5, 5.41) is 11.8. The van der Waals surface area contributed by atoms with Gasteiger partial charge in [-0.25, -0.2) is 0 Å². The van der Waals surface area contributed by atoms with Gasteiger partial charge in [-0.05, 0) is 25.7 Å². The molecule has 0 saturated heterocycles. The van der Waals surface area contributed by atoms with Crippen molar-refractivity contribution in [1.82, 2.24) is 0 Å². The fourth-order valence-electron chi connectivity index (χ4n) is 3.03. The molecule has 1 atom stereocenters. The van der Waals surface area contributed by atoms with Crippen molar-refractivity contribution in [2.75, 3.05) is 0 Å². The van der Waals surface area contributed by atoms with E-state index >= 15 is 0 Å². The maximum Gasteiger partial charge on any atom is 2.00 e. The molecule has 0 spiro atoms. The standard InChI is InChI=1S/C22H44O2.CH3.Mg/c1-4-7-9-11-12-13-14-16-17-19-21(6-3)24-22(23)20-18-15-10-8-5-2;;/h20-21,23H,4-19H2,1-3H3;1H3;/q;-1;+2/p-1/b22-20-;;/t21-;;/m0../s1. The molecule has 0 aliphatic carbocycles. The van der Waals surface area contributed by atoms with Gasteiger partial charge in [0.2, 0.25) is 0 Å². The fourth-order valence-corrected chi connectivity index (χ4v) is 3.03. The van der Waals surface area contributed by atoms with Crippen molar-refractivity contribution in [2.45, 2.75) is 130 Å². The molecule has 0 amide bonds. The number of hydrogen-bond donors (Lipinski definition) is 0. The van der Waals surface area contributed by atoms with Gasteiger partial charge >= 0.3 is 23.1 Å². The van der Waals surface area contributed by atoms with Gasteiger partial charge in [0.15, 0.2) is 0 Å². The zero-order valence-corrected chi connectivity index (χ0v) is 19.9. The maximum absolute atomic E-state index is 11.8. The summed E-state index contributed by atoms with van der Waals surface area (Å²) >= 11 is 0. The van der Waals surface area contributed by atoms with E-state index in [1.165, 1.54) is 77.0 Å². The first-order valence-corrected chi connectivity index (χ1v) is 10.8. The quantitative estimate of drug-likeness (QED) is 0.112. The van der Waals surface area contributed by atoms with Gasteiger partial charge in [-0.2, -0.15) is 0 Å². The van der Waals surface area contributed by atoms with Gasteiger partial charge in [-0.1, -0.05) is 104 Å². The van der Waals surface area contributed by atoms with Gasteiger partial charge in [0, 0.05) is 12.0 Å². The SMILES string of the molecule is CCCCCC/C=C(/[O-])O[C@@H](CC)CCCCCCCCCCC.[CH3-].[Mg+2]. The molecular formula is C23H46MgO2. The Morgan fingerprint density at radius 1 is 0.769 bits per heavy atom. The molecule has 0 aliphatic heterocycles. The summed E-state index contributed by atoms with van der Waals surface area (Å²) in [6.45, 7) is 6.59. The predicted octanol–water partition coefficient (Wildman–Crippen LogP) is 6.94. The summed E-state index contributed by atoms with van der Waals surface area (Å²) in [5.41, 5.74) is 0. The number of ether oxygens (including phenoxy) is 1. The number of rotatable bonds is 18. The Bertz CT molecular complexity index is 279. The third-order valence-corrected chi connectivity index (χ3v) is 4.74. The zero-order chi connectivity index (χ0) is 17.9. The largest absolute Gasteiger partial charge is 2.00 e. The summed E-state index contributed by atoms with van der Waals surface area (Å²) in [6.07, 6.45) is 21.6. The van der Waals surface area contributed by atoms with Crippen molar-refractivity contribution in [3.63, 3.8) is 0 Å². The molecule has 0 aromatic carbocycles. The second-order valence-corrected chi connectivity index (χ2v) is 7.14. The monoisotopic (exact) mass is 378 g/mol. The number of unbranched alkanes of at least 4 members (excludes halogenated alkanes) is 12. The van der Waals surface area contributed by atoms with Gasteiger partial charge in [0.1, 0.15) is 0 Å². The van der Waals surface area contributed by atoms with E-state index in [9.17, 15) is 5.11 Å². The molecule has 0 aromatic rings. The number of hydrogen-bond acceptors (Lipinski definition) is 2. The van der Waals surface area contributed by atoms with Crippen LogP contribution in [0.4, 0.5) is 0 Å². The molecule has 26 heavy (non-hydrogen) atoms. The van der Waals surface area contributed by atoms with Crippen molar-refractivity contribution in [2.24, 2.45) is 0 Å². The first-order valence-electron chi connectivity index (χ1n) is 10.8. The average molecular weight is 379 g/mol. The van der Waals surface area contributed by atoms with Crippen molar-refractivity contribution < 1.29 is 9.84 Å². The second kappa shape index (κ2) is 25.1. The Morgan fingerprint density at radius 3 is 1.73 bits per heavy atom. The summed E-state index contributed by atoms with van der Waals surface area (Å²) in [5.74, 6) is -0.103. The van der Waals surface area contributed by atoms with E-state index in [-0.39, 0.29) is 42.5 Å². The minimum atomic E-state index is -0.103. The van der Waals surface area contributed by atoms with Crippen LogP contribution in [0, 0.1) is 7.43 Å². The van der Waals surface area contributed by atoms with Crippen molar-refractivity contribution in [1.29, 1.82) is 0 Å². The summed E-state index contributed by atoms with van der Waals surface area (Å²) < 4.78 is 5.58. The van der Waals surface area contributed by atoms with E-state index in [0.29, 0.717) is 0 Å². The Kier molecular flexibility index (Phi) is 29.8. The van der Waals surface area contributed by atoms with Gasteiger partial charge in [-0.3, -0.25) is 0 Å². The summed E-state index contributed by atoms with van der Waals surface area (Å²) in [6, 6.07) is 0. The molecule has 152 valence electrons. The molecule has 0 unspecified atom stereocenters. The molecule has 2 nitrogen and oxygen atoms in total. The fraction of sp³-hybridized carbons (Fsp3) is 0.870. The van der Waals surface area contributed by atoms with Crippen LogP contribution in [0.15, 0.2) is 12.0 Å². The molecule has 0 saturated carbocycles. The molecule has 0 fully saturated rings. The van der Waals surface area contributed by atoms with Crippen LogP contribution in [0.3, 0.4) is 0 Å². The molecule has 0 radical (unpaired) electrons. The molecular weight excluding hydrogens is 333 g/mol. The Morgan fingerprint density at radius 2 is 1.23 bits per heavy atom. The molecule has 0 N–H and O–H groups in total. The Hall–Kier alpha value is 0.106. The van der Waals surface area contributed by atoms with Gasteiger partial charge in [0.05, 0.1) is 0 Å². The predicted molar refractivity (Wildman–Crippen MR) is 116 cm³/mol. The van der Waals surface area contributed by atoms with Gasteiger partial charge in [0.25, 0.3) is 0 Å². The van der Waals surface area contributed by atoms with Gasteiger partial charge in [-0.15, -0.1) is 0 Å². The maximum atomic E-state index is 11.8. The molecule has 3 heteroatoms. The van der Waals surface area contributed by atoms with Crippen LogP contribution in [0.25, 0.3) is 0 Å². The van der Waals surface area contributed by atoms with Crippen LogP contribution >= 0.6 is 0 Å². The molecule has 0 aromatic heterocycles. The molecule has 0 aliphatic rings. The van der Waals surface area contributed by atoms with Crippen LogP contribution in [0.2, 0.25) is 0 Å². The van der Waals surface area contributed by atoms with E-state index in [4.69, 9.17) is 4.74 Å². The van der Waals surface area contributed by atoms with E-state index in [1.54, 1.807) is 6.08 Å². The first kappa shape index (κ1) is 30.8. The molecule has 0 rings (SSSR count). The van der Waals surface area contributed by atoms with Gasteiger partial charge < -0.3 is 17.3 Å². The smallest absolute Gasteiger partial charge is 0.610 e. The van der Waals surface area contributed by atoms with Crippen molar-refractivity contribution in [3.8, 4) is 0 Å². The van der Waals surface area contributed by atoms with E-state index in [2.05, 4.69) is 20.8 Å². The normalized spacial score (nSPS) is 12.2. The van der Waals surface area contributed by atoms with Crippen LogP contribution < -0.4 is 5.11 Å². The second-order valence-electron chi connectivity index (χ2n) is 7.14. The minimum Gasteiger partial charge on any atom is -0.610 e. The van der Waals surface area contributed by atoms with Crippen LogP contribution in [-0.2, 0) is 4.74 Å². The number of allylic oxidation sites excluding steroid dienone is 1. The van der Waals surface area contributed by atoms with E-state index in [1.807, 2.05) is 0 Å². The minimum absolute atomic E-state index is 0. The van der Waals surface area contributed by atoms with Crippen LogP contribution in [0.1, 0.15) is 124 Å². The Balaban J connectivity index is -0.00000264. The van der Waals surface area contributed by atoms with E-state index in [0.717, 1.165) is 25.7 Å². The van der Waals surface area contributed by atoms with E-state index < -0.39 is 0 Å². The summed E-state index contributed by atoms with van der Waals surface area (Å²) in [7, 11) is 0. The average Bonchev–Trinajstić information content (AvgIpc) is 2.59. The van der Waals surface area contributed by atoms with Crippen LogP contribution in [0.5, 0.6) is 0 Å². The third kappa shape index (κ3) is 22.1. The topological polar surface area (TPSA) is 32.3 Å². The van der Waals surface area contributed by atoms with Crippen molar-refractivity contribution in [3.05, 3.63) is 19.4 Å². The first-order chi connectivity index (χ1) is 11.7. The molecule has 0 bridgehead atoms. The Labute approximate surface area is 181 Å². The van der Waals surface area contributed by atoms with Crippen molar-refractivity contribution >= 4 is 23.1 Å². The summed E-state index contributed by atoms with van der Waals surface area (Å²) in [4.78, 5) is 0. The molecule has 0 heterocycles.